The minimum atomic E-state index is -3.98. The van der Waals surface area contributed by atoms with Crippen molar-refractivity contribution in [2.75, 3.05) is 13.7 Å². The number of nitrogens with zero attached hydrogens (tertiary/aromatic N) is 3. The molecule has 3 fully saturated rings. The Hall–Kier alpha value is -4.54. The molecule has 0 radical (unpaired) electrons. The van der Waals surface area contributed by atoms with Gasteiger partial charge in [-0.25, -0.2) is 27.0 Å². The smallest absolute Gasteiger partial charge is 0.408 e. The fourth-order valence-electron chi connectivity index (χ4n) is 8.21. The molecule has 1 aromatic carbocycles. The summed E-state index contributed by atoms with van der Waals surface area (Å²) < 4.78 is 69.3. The second-order valence-electron chi connectivity index (χ2n) is 16.2. The average Bonchev–Trinajstić information content (AvgIpc) is 4.07. The predicted octanol–water partition coefficient (Wildman–Crippen LogP) is 4.87. The van der Waals surface area contributed by atoms with Gasteiger partial charge in [-0.2, -0.15) is 0 Å². The molecule has 0 unspecified atom stereocenters. The van der Waals surface area contributed by atoms with Crippen molar-refractivity contribution in [3.8, 4) is 11.6 Å². The molecule has 2 aliphatic carbocycles. The van der Waals surface area contributed by atoms with E-state index in [0.717, 1.165) is 13.8 Å². The van der Waals surface area contributed by atoms with Crippen molar-refractivity contribution >= 4 is 44.6 Å². The van der Waals surface area contributed by atoms with Gasteiger partial charge in [-0.3, -0.25) is 24.0 Å². The Morgan fingerprint density at radius 1 is 1.16 bits per heavy atom. The third-order valence-electron chi connectivity index (χ3n) is 11.8. The van der Waals surface area contributed by atoms with E-state index in [2.05, 4.69) is 15.0 Å². The van der Waals surface area contributed by atoms with Gasteiger partial charge >= 0.3 is 6.09 Å². The number of carbonyl (C=O) groups excluding carboxylic acids is 3. The van der Waals surface area contributed by atoms with Gasteiger partial charge in [0, 0.05) is 23.1 Å². The fourth-order valence-corrected chi connectivity index (χ4v) is 9.58. The van der Waals surface area contributed by atoms with Crippen LogP contribution in [0.4, 0.5) is 13.6 Å². The molecule has 1 saturated heterocycles. The topological polar surface area (TPSA) is 185 Å². The molecule has 2 aromatic rings. The molecular formula is C39H51F2N5O9S. The van der Waals surface area contributed by atoms with Crippen molar-refractivity contribution in [2.45, 2.75) is 120 Å². The molecular weight excluding hydrogens is 753 g/mol. The van der Waals surface area contributed by atoms with Crippen molar-refractivity contribution in [1.82, 2.24) is 24.8 Å². The first-order valence-corrected chi connectivity index (χ1v) is 20.7. The van der Waals surface area contributed by atoms with Crippen LogP contribution in [0, 0.1) is 17.8 Å². The second kappa shape index (κ2) is 15.8. The molecule has 1 aromatic heterocycles. The van der Waals surface area contributed by atoms with Crippen molar-refractivity contribution in [2.24, 2.45) is 17.8 Å². The number of carboxylic acid groups (broad SMARTS) is 1. The first-order valence-electron chi connectivity index (χ1n) is 19.2. The second-order valence-corrected chi connectivity index (χ2v) is 18.1. The summed E-state index contributed by atoms with van der Waals surface area (Å²) in [6.07, 6.45) is 1.88. The molecule has 3 heterocycles. The maximum Gasteiger partial charge on any atom is 0.408 e. The number of halogens is 2. The van der Waals surface area contributed by atoms with E-state index in [0.29, 0.717) is 53.5 Å². The van der Waals surface area contributed by atoms with Gasteiger partial charge in [-0.05, 0) is 70.3 Å². The van der Waals surface area contributed by atoms with E-state index in [1.54, 1.807) is 25.1 Å². The highest BCUT2D eigenvalue weighted by atomic mass is 32.2. The minimum Gasteiger partial charge on any atom is -0.494 e. The normalized spacial score (nSPS) is 28.8. The Bertz CT molecular complexity index is 1990. The summed E-state index contributed by atoms with van der Waals surface area (Å²) in [5.41, 5.74) is -3.94. The lowest BCUT2D eigenvalue weighted by molar-refractivity contribution is -0.149. The number of aromatic nitrogens is 1. The highest BCUT2D eigenvalue weighted by Gasteiger charge is 2.62. The number of nitrogens with one attached hydrogen (secondary N) is 2. The number of hydrogen-bond acceptors (Lipinski definition) is 9. The number of sulfonamides is 1. The molecule has 0 spiro atoms. The van der Waals surface area contributed by atoms with Crippen LogP contribution in [0.3, 0.4) is 0 Å². The molecule has 4 aliphatic rings. The molecule has 17 heteroatoms. The molecule has 3 N–H and O–H groups in total. The summed E-state index contributed by atoms with van der Waals surface area (Å²) >= 11 is 0. The molecule has 7 atom stereocenters. The highest BCUT2D eigenvalue weighted by molar-refractivity contribution is 7.91. The molecule has 6 rings (SSSR count). The number of allylic oxidation sites excluding steroid dienone is 1. The van der Waals surface area contributed by atoms with E-state index in [4.69, 9.17) is 9.47 Å². The van der Waals surface area contributed by atoms with E-state index < -0.39 is 86.6 Å². The van der Waals surface area contributed by atoms with Crippen LogP contribution >= 0.6 is 0 Å². The summed E-state index contributed by atoms with van der Waals surface area (Å²) in [5, 5.41) is 13.9. The number of rotatable bonds is 10. The van der Waals surface area contributed by atoms with E-state index in [9.17, 15) is 36.7 Å². The third kappa shape index (κ3) is 8.00. The Balaban J connectivity index is 1.43. The summed E-state index contributed by atoms with van der Waals surface area (Å²) in [6.45, 7) is 5.61. The van der Waals surface area contributed by atoms with Crippen molar-refractivity contribution < 1.29 is 51.0 Å². The third-order valence-corrected chi connectivity index (χ3v) is 13.6. The molecule has 14 nitrogen and oxygen atoms in total. The summed E-state index contributed by atoms with van der Waals surface area (Å²) in [7, 11) is -2.48. The number of fused-ring (bicyclic) bond motifs is 3. The predicted molar refractivity (Wildman–Crippen MR) is 202 cm³/mol. The fraction of sp³-hybridized carbons (Fsp3) is 0.615. The molecule has 2 saturated carbocycles. The Morgan fingerprint density at radius 3 is 2.48 bits per heavy atom. The number of pyridine rings is 1. The maximum atomic E-state index is 15.1. The van der Waals surface area contributed by atoms with E-state index >= 15 is 4.79 Å². The van der Waals surface area contributed by atoms with Crippen LogP contribution in [-0.2, 0) is 24.4 Å². The lowest BCUT2D eigenvalue weighted by Gasteiger charge is -2.45. The van der Waals surface area contributed by atoms with Crippen molar-refractivity contribution in [1.29, 1.82) is 0 Å². The van der Waals surface area contributed by atoms with Crippen LogP contribution in [0.25, 0.3) is 10.8 Å². The summed E-state index contributed by atoms with van der Waals surface area (Å²) in [4.78, 5) is 62.6. The first-order chi connectivity index (χ1) is 26.4. The van der Waals surface area contributed by atoms with Gasteiger partial charge in [-0.1, -0.05) is 50.6 Å². The lowest BCUT2D eigenvalue weighted by Crippen LogP contribution is -2.65. The van der Waals surface area contributed by atoms with Crippen LogP contribution in [0.15, 0.2) is 42.6 Å². The number of ether oxygens (including phenoxy) is 2. The quantitative estimate of drug-likeness (QED) is 0.280. The van der Waals surface area contributed by atoms with Crippen LogP contribution in [-0.4, -0.2) is 107 Å². The minimum absolute atomic E-state index is 0.0779. The van der Waals surface area contributed by atoms with E-state index in [-0.39, 0.29) is 37.6 Å². The van der Waals surface area contributed by atoms with Crippen LogP contribution in [0.1, 0.15) is 79.1 Å². The summed E-state index contributed by atoms with van der Waals surface area (Å²) in [6, 6.07) is 4.20. The van der Waals surface area contributed by atoms with Crippen molar-refractivity contribution in [3.05, 3.63) is 42.6 Å². The standard InChI is InChI=1S/C39H51F2N5O9S/c1-6-23-17-22(2)11-7-8-12-24-19-39(24,36(49)44-56(52,53)26-15-16-26)43-32(47)29-18-25(55-33-28-14-10-9-13-27(28)30(54-5)20-42-33)21-45(29)34(48)31(23)46(37(50)51)38(3,4)35(40)41/h8-10,12-14,20,22-26,29,31,35H,6-7,11,15-19,21H2,1-5H3,(H,43,47)(H,44,49)(H,50,51)/t22-,23+,24+,25+,29-,31-,39+/m0/s1. The number of benzene rings is 1. The van der Waals surface area contributed by atoms with E-state index in [1.807, 2.05) is 25.1 Å². The lowest BCUT2D eigenvalue weighted by atomic mass is 9.82. The number of hydrogen-bond donors (Lipinski definition) is 3. The number of amides is 4. The van der Waals surface area contributed by atoms with Crippen LogP contribution < -0.4 is 19.5 Å². The SMILES string of the molecule is CC[C@@H]1C[C@@H](C)CCC=C[C@@H]2C[C@@]2(C(=O)NS(=O)(=O)C2CC2)NC(=O)[C@@H]2C[C@@H](Oc3ncc(OC)c4ccccc34)CN2C(=O)[C@H]1N(C(=O)O)C(C)(C)C(F)F. The Morgan fingerprint density at radius 2 is 1.86 bits per heavy atom. The van der Waals surface area contributed by atoms with E-state index in [1.165, 1.54) is 18.2 Å². The first kappa shape index (κ1) is 41.1. The monoisotopic (exact) mass is 803 g/mol. The maximum absolute atomic E-state index is 15.1. The van der Waals surface area contributed by atoms with Gasteiger partial charge in [0.2, 0.25) is 27.7 Å². The molecule has 306 valence electrons. The van der Waals surface area contributed by atoms with Gasteiger partial charge < -0.3 is 24.8 Å². The zero-order valence-corrected chi connectivity index (χ0v) is 33.1. The summed E-state index contributed by atoms with van der Waals surface area (Å²) in [5.74, 6) is -3.20. The highest BCUT2D eigenvalue weighted by Crippen LogP contribution is 2.46. The number of carbonyl (C=O) groups is 4. The molecule has 0 bridgehead atoms. The van der Waals surface area contributed by atoms with Crippen LogP contribution in [0.5, 0.6) is 11.6 Å². The zero-order chi connectivity index (χ0) is 40.7. The largest absolute Gasteiger partial charge is 0.494 e. The van der Waals surface area contributed by atoms with Gasteiger partial charge in [0.1, 0.15) is 35.0 Å². The number of alkyl halides is 2. The van der Waals surface area contributed by atoms with Gasteiger partial charge in [-0.15, -0.1) is 0 Å². The Labute approximate surface area is 325 Å². The molecule has 2 aliphatic heterocycles. The van der Waals surface area contributed by atoms with Gasteiger partial charge in [0.15, 0.2) is 0 Å². The average molecular weight is 804 g/mol. The Kier molecular flexibility index (Phi) is 11.6. The van der Waals surface area contributed by atoms with Crippen LogP contribution in [0.2, 0.25) is 0 Å². The number of methoxy groups -OCH3 is 1. The van der Waals surface area contributed by atoms with Gasteiger partial charge in [0.25, 0.3) is 12.3 Å². The molecule has 4 amide bonds. The van der Waals surface area contributed by atoms with Crippen molar-refractivity contribution in [3.63, 3.8) is 0 Å². The zero-order valence-electron chi connectivity index (χ0n) is 32.2. The molecule has 56 heavy (non-hydrogen) atoms. The van der Waals surface area contributed by atoms with Gasteiger partial charge in [0.05, 0.1) is 25.1 Å².